The van der Waals surface area contributed by atoms with Crippen LogP contribution < -0.4 is 21.9 Å². The second-order valence-electron chi connectivity index (χ2n) is 6.06. The summed E-state index contributed by atoms with van der Waals surface area (Å²) in [6.45, 7) is 0. The van der Waals surface area contributed by atoms with Gasteiger partial charge >= 0.3 is 5.97 Å². The van der Waals surface area contributed by atoms with E-state index in [-0.39, 0.29) is 21.9 Å². The number of hydrogen-bond donors (Lipinski definition) is 3. The highest BCUT2D eigenvalue weighted by molar-refractivity contribution is 7.21. The summed E-state index contributed by atoms with van der Waals surface area (Å²) in [5, 5.41) is 10.1. The normalized spacial score (nSPS) is 10.8. The molecule has 0 bridgehead atoms. The van der Waals surface area contributed by atoms with E-state index >= 15 is 0 Å². The van der Waals surface area contributed by atoms with Crippen LogP contribution in [0.4, 0.5) is 11.5 Å². The lowest BCUT2D eigenvalue weighted by molar-refractivity contribution is -0.134. The van der Waals surface area contributed by atoms with E-state index in [1.807, 2.05) is 6.07 Å². The van der Waals surface area contributed by atoms with Crippen molar-refractivity contribution in [3.63, 3.8) is 0 Å². The van der Waals surface area contributed by atoms with Gasteiger partial charge in [-0.15, -0.1) is 11.3 Å². The SMILES string of the molecule is COC(=O)C=Cc1cc(-c2c(C#N)c(N)nc3sc(C(N)=O)c(N)c23)ccc1OC. The average Bonchev–Trinajstić information content (AvgIpc) is 3.06. The molecule has 0 saturated carbocycles. The number of benzene rings is 1. The summed E-state index contributed by atoms with van der Waals surface area (Å²) in [5.41, 5.74) is 19.4. The largest absolute Gasteiger partial charge is 0.496 e. The van der Waals surface area contributed by atoms with Gasteiger partial charge in [-0.25, -0.2) is 9.78 Å². The van der Waals surface area contributed by atoms with Crippen molar-refractivity contribution in [3.05, 3.63) is 40.3 Å². The number of pyridine rings is 1. The van der Waals surface area contributed by atoms with Crippen molar-refractivity contribution >= 4 is 51.0 Å². The number of nitriles is 1. The van der Waals surface area contributed by atoms with Gasteiger partial charge in [0.25, 0.3) is 5.91 Å². The molecule has 1 aromatic carbocycles. The lowest BCUT2D eigenvalue weighted by Gasteiger charge is -2.12. The molecule has 1 amide bonds. The topological polar surface area (TPSA) is 167 Å². The summed E-state index contributed by atoms with van der Waals surface area (Å²) in [6.07, 6.45) is 2.77. The summed E-state index contributed by atoms with van der Waals surface area (Å²) in [6, 6.07) is 7.14. The van der Waals surface area contributed by atoms with Crippen LogP contribution in [0.25, 0.3) is 27.4 Å². The number of ether oxygens (including phenoxy) is 2. The third-order valence-corrected chi connectivity index (χ3v) is 5.47. The molecule has 0 saturated heterocycles. The van der Waals surface area contributed by atoms with Gasteiger partial charge in [0.1, 0.15) is 32.9 Å². The first-order valence-electron chi connectivity index (χ1n) is 8.48. The minimum Gasteiger partial charge on any atom is -0.496 e. The fourth-order valence-corrected chi connectivity index (χ4v) is 3.96. The number of methoxy groups -OCH3 is 2. The molecule has 0 aliphatic rings. The van der Waals surface area contributed by atoms with Crippen LogP contribution in [0.5, 0.6) is 5.75 Å². The fourth-order valence-electron chi connectivity index (χ4n) is 3.00. The molecular weight excluding hydrogens is 406 g/mol. The summed E-state index contributed by atoms with van der Waals surface area (Å²) in [7, 11) is 2.76. The summed E-state index contributed by atoms with van der Waals surface area (Å²) in [4.78, 5) is 28.0. The average molecular weight is 423 g/mol. The highest BCUT2D eigenvalue weighted by atomic mass is 32.1. The standard InChI is InChI=1S/C20H17N5O4S/c1-28-12-5-3-10(7-9(12)4-6-13(26)29-2)14-11(8-21)18(23)25-20-15(14)16(22)17(30-20)19(24)27/h3-7H,22H2,1-2H3,(H2,23,25)(H2,24,27). The molecule has 0 unspecified atom stereocenters. The first kappa shape index (κ1) is 20.6. The second-order valence-corrected chi connectivity index (χ2v) is 7.06. The first-order chi connectivity index (χ1) is 14.3. The van der Waals surface area contributed by atoms with E-state index in [0.29, 0.717) is 32.7 Å². The van der Waals surface area contributed by atoms with E-state index in [1.165, 1.54) is 26.4 Å². The zero-order valence-corrected chi connectivity index (χ0v) is 16.9. The fraction of sp³-hybridized carbons (Fsp3) is 0.100. The number of aromatic nitrogens is 1. The number of carbonyl (C=O) groups excluding carboxylic acids is 2. The Kier molecular flexibility index (Phi) is 5.57. The molecule has 0 spiro atoms. The van der Waals surface area contributed by atoms with Crippen LogP contribution in [0.1, 0.15) is 20.8 Å². The Morgan fingerprint density at radius 1 is 1.27 bits per heavy atom. The molecule has 0 aliphatic heterocycles. The molecular formula is C20H17N5O4S. The molecule has 3 rings (SSSR count). The summed E-state index contributed by atoms with van der Waals surface area (Å²) in [5.74, 6) is -0.745. The van der Waals surface area contributed by atoms with E-state index < -0.39 is 11.9 Å². The molecule has 10 heteroatoms. The van der Waals surface area contributed by atoms with E-state index in [9.17, 15) is 14.9 Å². The number of fused-ring (bicyclic) bond motifs is 1. The number of amides is 1. The van der Waals surface area contributed by atoms with Gasteiger partial charge in [-0.3, -0.25) is 4.79 Å². The number of carbonyl (C=O) groups is 2. The Balaban J connectivity index is 2.36. The highest BCUT2D eigenvalue weighted by Crippen LogP contribution is 2.43. The Bertz CT molecular complexity index is 1260. The lowest BCUT2D eigenvalue weighted by atomic mass is 9.95. The third-order valence-electron chi connectivity index (χ3n) is 4.36. The van der Waals surface area contributed by atoms with Crippen molar-refractivity contribution in [2.45, 2.75) is 0 Å². The number of thiophene rings is 1. The Hall–Kier alpha value is -4.10. The zero-order chi connectivity index (χ0) is 22.0. The van der Waals surface area contributed by atoms with Crippen molar-refractivity contribution in [2.75, 3.05) is 25.7 Å². The number of nitrogen functional groups attached to an aromatic ring is 2. The number of hydrogen-bond acceptors (Lipinski definition) is 9. The molecule has 0 radical (unpaired) electrons. The number of nitrogens with zero attached hydrogens (tertiary/aromatic N) is 2. The Morgan fingerprint density at radius 3 is 2.60 bits per heavy atom. The second kappa shape index (κ2) is 8.10. The summed E-state index contributed by atoms with van der Waals surface area (Å²) < 4.78 is 9.96. The number of primary amides is 1. The van der Waals surface area contributed by atoms with Gasteiger partial charge in [0.2, 0.25) is 0 Å². The van der Waals surface area contributed by atoms with Crippen LogP contribution in [0.15, 0.2) is 24.3 Å². The molecule has 0 aliphatic carbocycles. The first-order valence-corrected chi connectivity index (χ1v) is 9.29. The van der Waals surface area contributed by atoms with Gasteiger partial charge in [0.05, 0.1) is 19.9 Å². The number of esters is 1. The summed E-state index contributed by atoms with van der Waals surface area (Å²) >= 11 is 1.00. The molecule has 6 N–H and O–H groups in total. The van der Waals surface area contributed by atoms with Crippen molar-refractivity contribution in [2.24, 2.45) is 5.73 Å². The lowest BCUT2D eigenvalue weighted by Crippen LogP contribution is -2.10. The van der Waals surface area contributed by atoms with E-state index in [1.54, 1.807) is 18.2 Å². The zero-order valence-electron chi connectivity index (χ0n) is 16.1. The van der Waals surface area contributed by atoms with Crippen LogP contribution >= 0.6 is 11.3 Å². The minimum atomic E-state index is -0.699. The predicted molar refractivity (Wildman–Crippen MR) is 115 cm³/mol. The van der Waals surface area contributed by atoms with Gasteiger partial charge in [-0.2, -0.15) is 5.26 Å². The van der Waals surface area contributed by atoms with Gasteiger partial charge in [-0.05, 0) is 23.8 Å². The molecule has 30 heavy (non-hydrogen) atoms. The van der Waals surface area contributed by atoms with E-state index in [0.717, 1.165) is 11.3 Å². The van der Waals surface area contributed by atoms with Crippen LogP contribution in [-0.4, -0.2) is 31.1 Å². The smallest absolute Gasteiger partial charge is 0.330 e. The molecule has 2 heterocycles. The monoisotopic (exact) mass is 423 g/mol. The Morgan fingerprint density at radius 2 is 2.00 bits per heavy atom. The van der Waals surface area contributed by atoms with Gasteiger partial charge in [0.15, 0.2) is 0 Å². The number of anilines is 2. The van der Waals surface area contributed by atoms with Crippen LogP contribution in [0, 0.1) is 11.3 Å². The highest BCUT2D eigenvalue weighted by Gasteiger charge is 2.23. The minimum absolute atomic E-state index is 0.000240. The maximum atomic E-state index is 11.8. The van der Waals surface area contributed by atoms with Crippen LogP contribution in [-0.2, 0) is 9.53 Å². The maximum Gasteiger partial charge on any atom is 0.330 e. The molecule has 0 atom stereocenters. The number of nitrogens with two attached hydrogens (primary N) is 3. The molecule has 2 aromatic heterocycles. The van der Waals surface area contributed by atoms with Gasteiger partial charge in [-0.1, -0.05) is 6.07 Å². The van der Waals surface area contributed by atoms with Gasteiger partial charge in [0, 0.05) is 22.6 Å². The molecule has 152 valence electrons. The van der Waals surface area contributed by atoms with E-state index in [2.05, 4.69) is 9.72 Å². The van der Waals surface area contributed by atoms with Crippen LogP contribution in [0.3, 0.4) is 0 Å². The quantitative estimate of drug-likeness (QED) is 0.415. The maximum absolute atomic E-state index is 11.8. The molecule has 3 aromatic rings. The van der Waals surface area contributed by atoms with Crippen molar-refractivity contribution in [1.29, 1.82) is 5.26 Å². The van der Waals surface area contributed by atoms with Gasteiger partial charge < -0.3 is 26.7 Å². The Labute approximate surface area is 175 Å². The van der Waals surface area contributed by atoms with Crippen molar-refractivity contribution in [3.8, 4) is 22.9 Å². The number of rotatable bonds is 5. The van der Waals surface area contributed by atoms with Crippen molar-refractivity contribution in [1.82, 2.24) is 4.98 Å². The third kappa shape index (κ3) is 3.49. The molecule has 9 nitrogen and oxygen atoms in total. The van der Waals surface area contributed by atoms with E-state index in [4.69, 9.17) is 21.9 Å². The molecule has 0 fully saturated rings. The predicted octanol–water partition coefficient (Wildman–Crippen LogP) is 2.29. The van der Waals surface area contributed by atoms with Crippen molar-refractivity contribution < 1.29 is 19.1 Å². The van der Waals surface area contributed by atoms with Crippen LogP contribution in [0.2, 0.25) is 0 Å².